The van der Waals surface area contributed by atoms with Crippen LogP contribution in [0.2, 0.25) is 0 Å². The summed E-state index contributed by atoms with van der Waals surface area (Å²) in [5.74, 6) is -0.155. The van der Waals surface area contributed by atoms with Crippen molar-refractivity contribution < 1.29 is 4.39 Å². The van der Waals surface area contributed by atoms with Gasteiger partial charge in [0.15, 0.2) is 0 Å². The highest BCUT2D eigenvalue weighted by molar-refractivity contribution is 7.11. The fourth-order valence-corrected chi connectivity index (χ4v) is 2.81. The molecule has 18 heavy (non-hydrogen) atoms. The minimum absolute atomic E-state index is 0.155. The van der Waals surface area contributed by atoms with E-state index in [1.165, 1.54) is 10.9 Å². The Morgan fingerprint density at radius 1 is 1.39 bits per heavy atom. The predicted molar refractivity (Wildman–Crippen MR) is 73.5 cm³/mol. The Morgan fingerprint density at radius 3 is 2.89 bits per heavy atom. The summed E-state index contributed by atoms with van der Waals surface area (Å²) in [7, 11) is 1.95. The first-order valence-electron chi connectivity index (χ1n) is 6.03. The molecule has 0 amide bonds. The summed E-state index contributed by atoms with van der Waals surface area (Å²) in [5, 5.41) is 4.17. The second-order valence-corrected chi connectivity index (χ2v) is 5.58. The molecule has 1 aromatic heterocycles. The van der Waals surface area contributed by atoms with Crippen molar-refractivity contribution in [2.24, 2.45) is 0 Å². The van der Waals surface area contributed by atoms with Gasteiger partial charge in [0.05, 0.1) is 5.01 Å². The lowest BCUT2D eigenvalue weighted by molar-refractivity contribution is 0.612. The molecule has 0 radical (unpaired) electrons. The molecule has 2 nitrogen and oxygen atoms in total. The Balaban J connectivity index is 2.05. The quantitative estimate of drug-likeness (QED) is 0.898. The average molecular weight is 264 g/mol. The van der Waals surface area contributed by atoms with Crippen molar-refractivity contribution in [1.29, 1.82) is 0 Å². The van der Waals surface area contributed by atoms with Gasteiger partial charge in [0.2, 0.25) is 0 Å². The first kappa shape index (κ1) is 13.2. The van der Waals surface area contributed by atoms with E-state index in [2.05, 4.69) is 17.2 Å². The highest BCUT2D eigenvalue weighted by Crippen LogP contribution is 2.19. The molecule has 0 fully saturated rings. The number of likely N-dealkylation sites (N-methyl/N-ethyl adjacent to an activating group) is 1. The average Bonchev–Trinajstić information content (AvgIpc) is 2.79. The van der Waals surface area contributed by atoms with E-state index in [1.807, 2.05) is 25.4 Å². The van der Waals surface area contributed by atoms with Crippen LogP contribution < -0.4 is 5.32 Å². The maximum absolute atomic E-state index is 13.5. The molecule has 0 bridgehead atoms. The number of nitrogens with one attached hydrogen (secondary N) is 1. The van der Waals surface area contributed by atoms with Gasteiger partial charge >= 0.3 is 0 Å². The van der Waals surface area contributed by atoms with Crippen LogP contribution >= 0.6 is 11.3 Å². The van der Waals surface area contributed by atoms with E-state index in [4.69, 9.17) is 0 Å². The summed E-state index contributed by atoms with van der Waals surface area (Å²) in [4.78, 5) is 5.60. The minimum atomic E-state index is -0.155. The van der Waals surface area contributed by atoms with E-state index in [0.29, 0.717) is 18.0 Å². The zero-order valence-corrected chi connectivity index (χ0v) is 11.4. The monoisotopic (exact) mass is 264 g/mol. The van der Waals surface area contributed by atoms with Crippen molar-refractivity contribution in [2.75, 3.05) is 7.05 Å². The third kappa shape index (κ3) is 3.37. The second-order valence-electron chi connectivity index (χ2n) is 4.38. The lowest BCUT2D eigenvalue weighted by atomic mass is 10.1. The Morgan fingerprint density at radius 2 is 2.17 bits per heavy atom. The van der Waals surface area contributed by atoms with E-state index in [-0.39, 0.29) is 5.82 Å². The summed E-state index contributed by atoms with van der Waals surface area (Å²) < 4.78 is 13.5. The Labute approximate surface area is 111 Å². The topological polar surface area (TPSA) is 24.9 Å². The summed E-state index contributed by atoms with van der Waals surface area (Å²) in [6.07, 6.45) is 3.44. The molecule has 1 unspecified atom stereocenters. The smallest absolute Gasteiger partial charge is 0.126 e. The van der Waals surface area contributed by atoms with E-state index < -0.39 is 0 Å². The van der Waals surface area contributed by atoms with Crippen LogP contribution in [-0.4, -0.2) is 18.1 Å². The number of rotatable bonds is 5. The first-order chi connectivity index (χ1) is 8.69. The molecule has 2 rings (SSSR count). The lowest BCUT2D eigenvalue weighted by Gasteiger charge is -2.06. The number of hydrogen-bond donors (Lipinski definition) is 1. The molecule has 0 spiro atoms. The molecule has 1 aromatic carbocycles. The van der Waals surface area contributed by atoms with Crippen LogP contribution in [0.3, 0.4) is 0 Å². The van der Waals surface area contributed by atoms with Gasteiger partial charge in [0.25, 0.3) is 0 Å². The fraction of sp³-hybridized carbons (Fsp3) is 0.357. The molecule has 1 N–H and O–H groups in total. The molecule has 0 aliphatic carbocycles. The van der Waals surface area contributed by atoms with Gasteiger partial charge in [0.1, 0.15) is 5.82 Å². The van der Waals surface area contributed by atoms with E-state index in [0.717, 1.165) is 11.4 Å². The van der Waals surface area contributed by atoms with Crippen LogP contribution in [0.1, 0.15) is 22.4 Å². The van der Waals surface area contributed by atoms with Crippen LogP contribution in [-0.2, 0) is 12.8 Å². The van der Waals surface area contributed by atoms with Gasteiger partial charge in [0, 0.05) is 23.5 Å². The summed E-state index contributed by atoms with van der Waals surface area (Å²) in [6, 6.07) is 7.31. The zero-order valence-electron chi connectivity index (χ0n) is 10.6. The van der Waals surface area contributed by atoms with Crippen LogP contribution in [0.5, 0.6) is 0 Å². The molecule has 96 valence electrons. The van der Waals surface area contributed by atoms with Gasteiger partial charge in [-0.2, -0.15) is 0 Å². The van der Waals surface area contributed by atoms with Crippen LogP contribution in [0.15, 0.2) is 30.5 Å². The van der Waals surface area contributed by atoms with Crippen molar-refractivity contribution in [3.8, 4) is 0 Å². The molecular weight excluding hydrogens is 247 g/mol. The van der Waals surface area contributed by atoms with Crippen molar-refractivity contribution in [2.45, 2.75) is 25.8 Å². The van der Waals surface area contributed by atoms with Crippen molar-refractivity contribution >= 4 is 11.3 Å². The van der Waals surface area contributed by atoms with Gasteiger partial charge in [-0.05, 0) is 32.0 Å². The normalized spacial score (nSPS) is 12.6. The molecule has 0 saturated heterocycles. The third-order valence-electron chi connectivity index (χ3n) is 2.90. The van der Waals surface area contributed by atoms with E-state index >= 15 is 0 Å². The van der Waals surface area contributed by atoms with Crippen molar-refractivity contribution in [3.05, 3.63) is 51.7 Å². The highest BCUT2D eigenvalue weighted by atomic mass is 32.1. The van der Waals surface area contributed by atoms with Gasteiger partial charge in [-0.15, -0.1) is 11.3 Å². The third-order valence-corrected chi connectivity index (χ3v) is 3.92. The van der Waals surface area contributed by atoms with Crippen molar-refractivity contribution in [3.63, 3.8) is 0 Å². The standard InChI is InChI=1S/C14H17FN2S/c1-10(16-2)7-12-9-17-14(18-12)8-11-5-3-4-6-13(11)15/h3-6,9-10,16H,7-8H2,1-2H3. The molecule has 0 aliphatic rings. The van der Waals surface area contributed by atoms with Crippen LogP contribution in [0.25, 0.3) is 0 Å². The summed E-state index contributed by atoms with van der Waals surface area (Å²) in [6.45, 7) is 2.14. The van der Waals surface area contributed by atoms with Crippen LogP contribution in [0, 0.1) is 5.82 Å². The molecule has 1 atom stereocenters. The van der Waals surface area contributed by atoms with E-state index in [1.54, 1.807) is 17.4 Å². The summed E-state index contributed by atoms with van der Waals surface area (Å²) >= 11 is 1.66. The number of nitrogens with zero attached hydrogens (tertiary/aromatic N) is 1. The van der Waals surface area contributed by atoms with Gasteiger partial charge in [-0.25, -0.2) is 9.37 Å². The predicted octanol–water partition coefficient (Wildman–Crippen LogP) is 3.02. The minimum Gasteiger partial charge on any atom is -0.317 e. The maximum Gasteiger partial charge on any atom is 0.126 e. The Bertz CT molecular complexity index is 510. The van der Waals surface area contributed by atoms with Crippen molar-refractivity contribution in [1.82, 2.24) is 10.3 Å². The molecule has 1 heterocycles. The number of benzene rings is 1. The molecule has 4 heteroatoms. The fourth-order valence-electron chi connectivity index (χ4n) is 1.73. The van der Waals surface area contributed by atoms with Crippen LogP contribution in [0.4, 0.5) is 4.39 Å². The Kier molecular flexibility index (Phi) is 4.44. The van der Waals surface area contributed by atoms with Gasteiger partial charge < -0.3 is 5.32 Å². The zero-order chi connectivity index (χ0) is 13.0. The number of aromatic nitrogens is 1. The highest BCUT2D eigenvalue weighted by Gasteiger charge is 2.08. The summed E-state index contributed by atoms with van der Waals surface area (Å²) in [5.41, 5.74) is 0.708. The first-order valence-corrected chi connectivity index (χ1v) is 6.85. The van der Waals surface area contributed by atoms with Gasteiger partial charge in [-0.1, -0.05) is 18.2 Å². The number of hydrogen-bond acceptors (Lipinski definition) is 3. The molecule has 2 aromatic rings. The number of thiazole rings is 1. The van der Waals surface area contributed by atoms with Gasteiger partial charge in [-0.3, -0.25) is 0 Å². The molecular formula is C14H17FN2S. The maximum atomic E-state index is 13.5. The molecule has 0 aliphatic heterocycles. The Hall–Kier alpha value is -1.26. The lowest BCUT2D eigenvalue weighted by Crippen LogP contribution is -2.22. The van der Waals surface area contributed by atoms with E-state index in [9.17, 15) is 4.39 Å². The second kappa shape index (κ2) is 6.07. The number of halogens is 1. The SMILES string of the molecule is CNC(C)Cc1cnc(Cc2ccccc2F)s1. The molecule has 0 saturated carbocycles. The largest absolute Gasteiger partial charge is 0.317 e.